The molecule has 4 aliphatic rings. The number of fused-ring (bicyclic) bond motifs is 2. The maximum atomic E-state index is 15.4. The summed E-state index contributed by atoms with van der Waals surface area (Å²) in [6.07, 6.45) is -2.79. The Kier molecular flexibility index (Phi) is 8.08. The van der Waals surface area contributed by atoms with Gasteiger partial charge in [0, 0.05) is 77.5 Å². The van der Waals surface area contributed by atoms with E-state index in [1.165, 1.54) is 10.6 Å². The van der Waals surface area contributed by atoms with Crippen molar-refractivity contribution in [3.63, 3.8) is 0 Å². The van der Waals surface area contributed by atoms with E-state index in [4.69, 9.17) is 16.3 Å². The van der Waals surface area contributed by atoms with Crippen LogP contribution in [0.2, 0.25) is 5.02 Å². The Morgan fingerprint density at radius 3 is 2.57 bits per heavy atom. The van der Waals surface area contributed by atoms with Gasteiger partial charge >= 0.3 is 11.9 Å². The van der Waals surface area contributed by atoms with Gasteiger partial charge in [0.1, 0.15) is 17.5 Å². The molecular weight excluding hydrogens is 665 g/mol. The number of halogens is 6. The maximum Gasteiger partial charge on any atom is 0.417 e. The Balaban J connectivity index is 1.47. The number of hydrogen-bond donors (Lipinski definition) is 0. The number of piperazine rings is 1. The minimum atomic E-state index is -4.97. The Morgan fingerprint density at radius 2 is 1.91 bits per heavy atom. The zero-order valence-corrected chi connectivity index (χ0v) is 27.1. The first kappa shape index (κ1) is 32.4. The molecule has 0 aliphatic carbocycles. The number of hydrogen-bond acceptors (Lipinski definition) is 7. The van der Waals surface area contributed by atoms with Crippen LogP contribution in [0.15, 0.2) is 40.5 Å². The predicted octanol–water partition coefficient (Wildman–Crippen LogP) is 5.75. The average molecular weight is 696 g/mol. The van der Waals surface area contributed by atoms with Crippen molar-refractivity contribution >= 4 is 46.0 Å². The molecule has 0 N–H and O–H groups in total. The van der Waals surface area contributed by atoms with Crippen LogP contribution in [0, 0.1) is 11.6 Å². The van der Waals surface area contributed by atoms with Crippen LogP contribution >= 0.6 is 23.4 Å². The lowest BCUT2D eigenvalue weighted by Crippen LogP contribution is -2.58. The Labute approximate surface area is 276 Å². The van der Waals surface area contributed by atoms with Crippen molar-refractivity contribution in [1.29, 1.82) is 0 Å². The van der Waals surface area contributed by atoms with Crippen molar-refractivity contribution < 1.29 is 31.5 Å². The molecule has 1 amide bonds. The zero-order chi connectivity index (χ0) is 33.5. The molecule has 1 unspecified atom stereocenters. The number of rotatable bonds is 5. The summed E-state index contributed by atoms with van der Waals surface area (Å²) >= 11 is 7.09. The summed E-state index contributed by atoms with van der Waals surface area (Å²) < 4.78 is 81.8. The maximum absolute atomic E-state index is 15.4. The number of anilines is 1. The number of thioether (sulfide) groups is 1. The second kappa shape index (κ2) is 11.7. The van der Waals surface area contributed by atoms with Gasteiger partial charge in [0.05, 0.1) is 34.9 Å². The first-order valence-corrected chi connectivity index (χ1v) is 16.7. The normalized spacial score (nSPS) is 26.0. The van der Waals surface area contributed by atoms with Gasteiger partial charge < -0.3 is 14.5 Å². The number of ether oxygens (including phenoxy) is 1. The molecule has 3 fully saturated rings. The van der Waals surface area contributed by atoms with E-state index in [1.54, 1.807) is 23.6 Å². The van der Waals surface area contributed by atoms with E-state index in [1.807, 2.05) is 0 Å². The molecule has 0 saturated carbocycles. The lowest BCUT2D eigenvalue weighted by atomic mass is 9.95. The second-order valence-corrected chi connectivity index (χ2v) is 14.1. The van der Waals surface area contributed by atoms with Gasteiger partial charge in [-0.3, -0.25) is 14.3 Å². The van der Waals surface area contributed by atoms with Crippen LogP contribution in [-0.4, -0.2) is 88.0 Å². The minimum Gasteiger partial charge on any atom is -0.375 e. The molecule has 4 aliphatic heterocycles. The summed E-state index contributed by atoms with van der Waals surface area (Å²) in [5.41, 5.74) is -2.62. The number of nitrogens with zero attached hydrogens (tertiary/aromatic N) is 5. The molecule has 5 heterocycles. The van der Waals surface area contributed by atoms with Crippen molar-refractivity contribution in [2.45, 2.75) is 61.6 Å². The molecule has 8 nitrogen and oxygen atoms in total. The molecule has 2 aromatic carbocycles. The number of amides is 1. The Morgan fingerprint density at radius 1 is 1.15 bits per heavy atom. The lowest BCUT2D eigenvalue weighted by molar-refractivity contribution is -0.137. The fourth-order valence-corrected chi connectivity index (χ4v) is 8.96. The van der Waals surface area contributed by atoms with Gasteiger partial charge in [-0.2, -0.15) is 18.2 Å². The van der Waals surface area contributed by atoms with Gasteiger partial charge in [0.2, 0.25) is 5.91 Å². The van der Waals surface area contributed by atoms with E-state index in [2.05, 4.69) is 16.5 Å². The minimum absolute atomic E-state index is 0.0425. The van der Waals surface area contributed by atoms with Crippen LogP contribution in [0.25, 0.3) is 22.0 Å². The third kappa shape index (κ3) is 5.41. The molecule has 15 heteroatoms. The summed E-state index contributed by atoms with van der Waals surface area (Å²) in [7, 11) is 0. The standard InChI is InChI=1S/C32H31ClF5N5O3S/c1-4-26(44)41-9-16(3)42(10-15(41)2)30-21-6-22(32(36,37)38)27(20-7-23(33)25(35)8-24(20)34)29-28(21)43(31(45)39-30)18(14-47-29)11-40-12-19-5-17(40)13-46-19/h4,6-8,15-19H,1,5,9-14H2,2-3H3/t15-,16+,17?,18+,19+/m1/s1. The van der Waals surface area contributed by atoms with Crippen molar-refractivity contribution in [3.05, 3.63) is 63.6 Å². The SMILES string of the molecule is C=CC(=O)N1C[C@H](C)N(c2nc(=O)n3c4c(c(-c5cc(Cl)c(F)cc5F)c(C(F)(F)F)cc24)SC[C@@H]3CN2C[C@@H]3CC2CO3)C[C@H]1C. The quantitative estimate of drug-likeness (QED) is 0.192. The van der Waals surface area contributed by atoms with E-state index < -0.39 is 57.3 Å². The highest BCUT2D eigenvalue weighted by Crippen LogP contribution is 2.51. The Bertz CT molecular complexity index is 1870. The van der Waals surface area contributed by atoms with Crippen LogP contribution in [0.5, 0.6) is 0 Å². The Hall–Kier alpha value is -3.20. The highest BCUT2D eigenvalue weighted by Gasteiger charge is 2.44. The summed E-state index contributed by atoms with van der Waals surface area (Å²) in [5.74, 6) is -2.32. The molecule has 250 valence electrons. The summed E-state index contributed by atoms with van der Waals surface area (Å²) in [4.78, 5) is 36.7. The number of morpholine rings is 1. The topological polar surface area (TPSA) is 70.9 Å². The third-order valence-corrected chi connectivity index (χ3v) is 11.2. The average Bonchev–Trinajstić information content (AvgIpc) is 3.64. The van der Waals surface area contributed by atoms with E-state index in [0.29, 0.717) is 25.8 Å². The molecule has 5 atom stereocenters. The highest BCUT2D eigenvalue weighted by molar-refractivity contribution is 7.99. The predicted molar refractivity (Wildman–Crippen MR) is 169 cm³/mol. The van der Waals surface area contributed by atoms with Gasteiger partial charge in [-0.1, -0.05) is 18.2 Å². The number of carbonyl (C=O) groups is 1. The fraction of sp³-hybridized carbons (Fsp3) is 0.469. The monoisotopic (exact) mass is 695 g/mol. The largest absolute Gasteiger partial charge is 0.417 e. The van der Waals surface area contributed by atoms with E-state index in [0.717, 1.165) is 30.3 Å². The number of benzene rings is 2. The molecule has 47 heavy (non-hydrogen) atoms. The second-order valence-electron chi connectivity index (χ2n) is 12.7. The van der Waals surface area contributed by atoms with Crippen molar-refractivity contribution in [2.75, 3.05) is 43.4 Å². The molecule has 3 saturated heterocycles. The smallest absolute Gasteiger partial charge is 0.375 e. The molecule has 1 aromatic heterocycles. The van der Waals surface area contributed by atoms with Crippen LogP contribution < -0.4 is 10.6 Å². The van der Waals surface area contributed by atoms with Crippen LogP contribution in [0.4, 0.5) is 27.8 Å². The van der Waals surface area contributed by atoms with Crippen molar-refractivity contribution in [1.82, 2.24) is 19.4 Å². The first-order chi connectivity index (χ1) is 22.3. The lowest BCUT2D eigenvalue weighted by Gasteiger charge is -2.45. The fourth-order valence-electron chi connectivity index (χ4n) is 7.47. The number of likely N-dealkylation sites (tertiary alicyclic amines) is 1. The zero-order valence-electron chi connectivity index (χ0n) is 25.5. The van der Waals surface area contributed by atoms with Gasteiger partial charge in [-0.15, -0.1) is 11.8 Å². The summed E-state index contributed by atoms with van der Waals surface area (Å²) in [6.45, 7) is 9.30. The molecule has 7 rings (SSSR count). The van der Waals surface area contributed by atoms with Crippen LogP contribution in [-0.2, 0) is 15.7 Å². The molecule has 3 aromatic rings. The van der Waals surface area contributed by atoms with E-state index in [9.17, 15) is 27.2 Å². The van der Waals surface area contributed by atoms with Gasteiger partial charge in [-0.05, 0) is 38.5 Å². The van der Waals surface area contributed by atoms with Gasteiger partial charge in [0.25, 0.3) is 0 Å². The first-order valence-electron chi connectivity index (χ1n) is 15.3. The van der Waals surface area contributed by atoms with Crippen LogP contribution in [0.1, 0.15) is 31.9 Å². The van der Waals surface area contributed by atoms with Gasteiger partial charge in [0.15, 0.2) is 0 Å². The van der Waals surface area contributed by atoms with Crippen molar-refractivity contribution in [2.24, 2.45) is 0 Å². The number of aromatic nitrogens is 2. The molecule has 2 bridgehead atoms. The summed E-state index contributed by atoms with van der Waals surface area (Å²) in [5, 5.41) is -0.454. The number of carbonyl (C=O) groups excluding carboxylic acids is 1. The third-order valence-electron chi connectivity index (χ3n) is 9.69. The molecular formula is C32H31ClF5N5O3S. The highest BCUT2D eigenvalue weighted by atomic mass is 35.5. The molecule has 0 spiro atoms. The summed E-state index contributed by atoms with van der Waals surface area (Å²) in [6, 6.07) is 1.18. The van der Waals surface area contributed by atoms with Crippen molar-refractivity contribution in [3.8, 4) is 11.1 Å². The van der Waals surface area contributed by atoms with Crippen LogP contribution in [0.3, 0.4) is 0 Å². The van der Waals surface area contributed by atoms with Gasteiger partial charge in [-0.25, -0.2) is 13.6 Å². The number of alkyl halides is 3. The van der Waals surface area contributed by atoms with E-state index in [-0.39, 0.29) is 64.6 Å². The van der Waals surface area contributed by atoms with E-state index >= 15 is 4.39 Å². The molecule has 0 radical (unpaired) electrons.